The summed E-state index contributed by atoms with van der Waals surface area (Å²) < 4.78 is 16.6. The van der Waals surface area contributed by atoms with Crippen molar-refractivity contribution in [3.63, 3.8) is 0 Å². The molecule has 1 saturated heterocycles. The molecule has 1 aromatic rings. The first-order valence-corrected chi connectivity index (χ1v) is 6.78. The lowest BCUT2D eigenvalue weighted by Crippen LogP contribution is -2.37. The van der Waals surface area contributed by atoms with Crippen molar-refractivity contribution in [2.75, 3.05) is 0 Å². The molecule has 19 heavy (non-hydrogen) atoms. The Labute approximate surface area is 105 Å². The Hall–Kier alpha value is -1.29. The number of hydrogen-bond acceptors (Lipinski definition) is 6. The van der Waals surface area contributed by atoms with Gasteiger partial charge in [-0.3, -0.25) is 18.9 Å². The lowest BCUT2D eigenvalue weighted by Gasteiger charge is -2.16. The van der Waals surface area contributed by atoms with Crippen LogP contribution in [0.25, 0.3) is 0 Å². The number of ether oxygens (including phenoxy) is 1. The van der Waals surface area contributed by atoms with Crippen molar-refractivity contribution in [1.29, 1.82) is 0 Å². The monoisotopic (exact) mass is 294 g/mol. The Morgan fingerprint density at radius 2 is 1.89 bits per heavy atom. The molecule has 0 bridgehead atoms. The summed E-state index contributed by atoms with van der Waals surface area (Å²) in [7, 11) is -4.81. The van der Waals surface area contributed by atoms with E-state index < -0.39 is 43.1 Å². The first-order chi connectivity index (χ1) is 8.71. The SMILES string of the molecule is O=c1ccn([C@@H]2O[C@@H](P(=O)(O)O)[C@H](O)[C@H]2O)c(=O)[nH]1. The standard InChI is InChI=1S/C8H11N2O8P/c11-3-1-2-10(8(14)9-3)6-4(12)5(13)7(18-6)19(15,16)17/h1-2,4-7,12-13H,(H,9,11,14)(H2,15,16,17)/t4-,5-,6-,7+/m1/s1. The normalized spacial score (nSPS) is 31.6. The first-order valence-electron chi connectivity index (χ1n) is 5.10. The number of H-pyrrole nitrogens is 1. The molecule has 0 saturated carbocycles. The fourth-order valence-electron chi connectivity index (χ4n) is 1.78. The smallest absolute Gasteiger partial charge is 0.356 e. The lowest BCUT2D eigenvalue weighted by atomic mass is 10.2. The van der Waals surface area contributed by atoms with E-state index in [0.717, 1.165) is 16.8 Å². The van der Waals surface area contributed by atoms with Crippen molar-refractivity contribution < 1.29 is 29.3 Å². The molecule has 1 aliphatic heterocycles. The quantitative estimate of drug-likeness (QED) is 0.368. The maximum atomic E-state index is 11.5. The molecule has 0 aromatic carbocycles. The zero-order valence-electron chi connectivity index (χ0n) is 9.28. The van der Waals surface area contributed by atoms with Gasteiger partial charge < -0.3 is 24.7 Å². The first kappa shape index (κ1) is 14.1. The summed E-state index contributed by atoms with van der Waals surface area (Å²) in [6.07, 6.45) is -4.09. The Morgan fingerprint density at radius 1 is 1.26 bits per heavy atom. The van der Waals surface area contributed by atoms with E-state index in [0.29, 0.717) is 0 Å². The van der Waals surface area contributed by atoms with Gasteiger partial charge in [-0.05, 0) is 0 Å². The van der Waals surface area contributed by atoms with Crippen LogP contribution in [0.1, 0.15) is 6.23 Å². The third kappa shape index (κ3) is 2.54. The second-order valence-electron chi connectivity index (χ2n) is 4.00. The van der Waals surface area contributed by atoms with Crippen molar-refractivity contribution in [1.82, 2.24) is 9.55 Å². The summed E-state index contributed by atoms with van der Waals surface area (Å²) in [5.41, 5.74) is -1.61. The van der Waals surface area contributed by atoms with Crippen molar-refractivity contribution in [3.8, 4) is 0 Å². The molecule has 106 valence electrons. The van der Waals surface area contributed by atoms with Gasteiger partial charge in [-0.2, -0.15) is 0 Å². The fraction of sp³-hybridized carbons (Fsp3) is 0.500. The second-order valence-corrected chi connectivity index (χ2v) is 5.69. The molecular weight excluding hydrogens is 283 g/mol. The third-order valence-electron chi connectivity index (χ3n) is 2.67. The van der Waals surface area contributed by atoms with E-state index in [9.17, 15) is 24.4 Å². The fourth-order valence-corrected chi connectivity index (χ4v) is 2.63. The number of aromatic amines is 1. The van der Waals surface area contributed by atoms with Crippen molar-refractivity contribution in [2.45, 2.75) is 24.3 Å². The van der Waals surface area contributed by atoms with Crippen LogP contribution in [0.4, 0.5) is 0 Å². The maximum absolute atomic E-state index is 11.5. The van der Waals surface area contributed by atoms with Crippen LogP contribution in [0.3, 0.4) is 0 Å². The molecule has 0 spiro atoms. The molecule has 1 aromatic heterocycles. The van der Waals surface area contributed by atoms with Gasteiger partial charge in [-0.25, -0.2) is 4.79 Å². The van der Waals surface area contributed by atoms with Crippen LogP contribution in [-0.2, 0) is 9.30 Å². The zero-order valence-corrected chi connectivity index (χ0v) is 10.2. The van der Waals surface area contributed by atoms with Gasteiger partial charge in [0.05, 0.1) is 0 Å². The molecule has 1 aliphatic rings. The maximum Gasteiger partial charge on any atom is 0.356 e. The van der Waals surface area contributed by atoms with Gasteiger partial charge in [0.15, 0.2) is 12.1 Å². The largest absolute Gasteiger partial charge is 0.387 e. The topological polar surface area (TPSA) is 162 Å². The van der Waals surface area contributed by atoms with E-state index in [-0.39, 0.29) is 0 Å². The van der Waals surface area contributed by atoms with Gasteiger partial charge in [0, 0.05) is 12.3 Å². The van der Waals surface area contributed by atoms with Crippen molar-refractivity contribution >= 4 is 7.60 Å². The van der Waals surface area contributed by atoms with Crippen LogP contribution in [0.15, 0.2) is 21.9 Å². The van der Waals surface area contributed by atoms with Crippen LogP contribution in [-0.4, -0.2) is 47.6 Å². The van der Waals surface area contributed by atoms with Gasteiger partial charge >= 0.3 is 13.3 Å². The number of aromatic nitrogens is 2. The minimum atomic E-state index is -4.81. The molecule has 11 heteroatoms. The highest BCUT2D eigenvalue weighted by molar-refractivity contribution is 7.52. The highest BCUT2D eigenvalue weighted by Gasteiger charge is 2.51. The van der Waals surface area contributed by atoms with Crippen molar-refractivity contribution in [3.05, 3.63) is 33.1 Å². The minimum absolute atomic E-state index is 0.680. The molecule has 5 N–H and O–H groups in total. The molecule has 2 heterocycles. The average molecular weight is 294 g/mol. The number of rotatable bonds is 2. The Balaban J connectivity index is 2.40. The van der Waals surface area contributed by atoms with Crippen LogP contribution in [0.2, 0.25) is 0 Å². The van der Waals surface area contributed by atoms with Gasteiger partial charge in [0.25, 0.3) is 5.56 Å². The van der Waals surface area contributed by atoms with Gasteiger partial charge in [0.2, 0.25) is 0 Å². The molecule has 0 amide bonds. The van der Waals surface area contributed by atoms with Crippen LogP contribution < -0.4 is 11.2 Å². The molecule has 0 aliphatic carbocycles. The van der Waals surface area contributed by atoms with Gasteiger partial charge in [0.1, 0.15) is 12.2 Å². The zero-order chi connectivity index (χ0) is 14.4. The van der Waals surface area contributed by atoms with Crippen LogP contribution in [0.5, 0.6) is 0 Å². The van der Waals surface area contributed by atoms with E-state index in [1.165, 1.54) is 0 Å². The molecule has 2 rings (SSSR count). The number of aliphatic hydroxyl groups excluding tert-OH is 2. The molecular formula is C8H11N2O8P. The number of hydrogen-bond donors (Lipinski definition) is 5. The summed E-state index contributed by atoms with van der Waals surface area (Å²) in [6, 6.07) is 0.967. The predicted octanol–water partition coefficient (Wildman–Crippen LogP) is -2.71. The number of aliphatic hydroxyl groups is 2. The molecule has 0 radical (unpaired) electrons. The molecule has 10 nitrogen and oxygen atoms in total. The number of nitrogens with zero attached hydrogens (tertiary/aromatic N) is 1. The summed E-state index contributed by atoms with van der Waals surface area (Å²) in [4.78, 5) is 42.2. The summed E-state index contributed by atoms with van der Waals surface area (Å²) in [6.45, 7) is 0. The molecule has 4 atom stereocenters. The van der Waals surface area contributed by atoms with E-state index in [4.69, 9.17) is 14.5 Å². The lowest BCUT2D eigenvalue weighted by molar-refractivity contribution is -0.0281. The summed E-state index contributed by atoms with van der Waals surface area (Å²) in [5, 5.41) is 19.2. The molecule has 0 unspecified atom stereocenters. The highest BCUT2D eigenvalue weighted by Crippen LogP contribution is 2.49. The Kier molecular flexibility index (Phi) is 3.47. The van der Waals surface area contributed by atoms with Gasteiger partial charge in [-0.15, -0.1) is 0 Å². The average Bonchev–Trinajstić information content (AvgIpc) is 2.56. The van der Waals surface area contributed by atoms with E-state index in [2.05, 4.69) is 0 Å². The second kappa shape index (κ2) is 4.67. The number of nitrogens with one attached hydrogen (secondary N) is 1. The summed E-state index contributed by atoms with van der Waals surface area (Å²) in [5.74, 6) is -1.94. The van der Waals surface area contributed by atoms with E-state index in [1.54, 1.807) is 0 Å². The Bertz CT molecular complexity index is 632. The van der Waals surface area contributed by atoms with E-state index >= 15 is 0 Å². The van der Waals surface area contributed by atoms with Gasteiger partial charge in [-0.1, -0.05) is 0 Å². The Morgan fingerprint density at radius 3 is 2.37 bits per heavy atom. The highest BCUT2D eigenvalue weighted by atomic mass is 31.2. The van der Waals surface area contributed by atoms with Crippen LogP contribution >= 0.6 is 7.60 Å². The minimum Gasteiger partial charge on any atom is -0.387 e. The predicted molar refractivity (Wildman–Crippen MR) is 59.3 cm³/mol. The van der Waals surface area contributed by atoms with Crippen molar-refractivity contribution in [2.24, 2.45) is 0 Å². The summed E-state index contributed by atoms with van der Waals surface area (Å²) >= 11 is 0. The molecule has 1 fully saturated rings. The van der Waals surface area contributed by atoms with Crippen LogP contribution in [0, 0.1) is 0 Å². The third-order valence-corrected chi connectivity index (χ3v) is 3.76. The van der Waals surface area contributed by atoms with E-state index in [1.807, 2.05) is 4.98 Å².